The zero-order valence-corrected chi connectivity index (χ0v) is 19.4. The minimum Gasteiger partial charge on any atom is -0.448 e. The molecular weight excluding hydrogens is 410 g/mol. The molecule has 1 N–H and O–H groups in total. The molecule has 2 aromatic carbocycles. The summed E-state index contributed by atoms with van der Waals surface area (Å²) in [6, 6.07) is 17.2. The van der Waals surface area contributed by atoms with Gasteiger partial charge in [-0.2, -0.15) is 0 Å². The van der Waals surface area contributed by atoms with Crippen molar-refractivity contribution < 1.29 is 14.6 Å². The minimum absolute atomic E-state index is 0.0898. The summed E-state index contributed by atoms with van der Waals surface area (Å²) in [5.74, 6) is 0.746. The Kier molecular flexibility index (Phi) is 5.44. The molecule has 2 atom stereocenters. The lowest BCUT2D eigenvalue weighted by molar-refractivity contribution is -0.0650. The predicted octanol–water partition coefficient (Wildman–Crippen LogP) is 6.26. The number of nitrogens with zero attached hydrogens (tertiary/aromatic N) is 1. The van der Waals surface area contributed by atoms with Crippen molar-refractivity contribution in [2.75, 3.05) is 6.61 Å². The number of benzene rings is 2. The highest BCUT2D eigenvalue weighted by molar-refractivity contribution is 5.79. The highest BCUT2D eigenvalue weighted by atomic mass is 16.6. The van der Waals surface area contributed by atoms with Crippen molar-refractivity contribution in [3.05, 3.63) is 59.7 Å². The number of carbonyl (C=O) groups excluding carboxylic acids is 1. The van der Waals surface area contributed by atoms with Crippen LogP contribution in [-0.4, -0.2) is 40.4 Å². The van der Waals surface area contributed by atoms with E-state index in [0.29, 0.717) is 25.4 Å². The molecule has 2 aliphatic heterocycles. The van der Waals surface area contributed by atoms with Gasteiger partial charge in [-0.05, 0) is 60.3 Å². The smallest absolute Gasteiger partial charge is 0.410 e. The highest BCUT2D eigenvalue weighted by Crippen LogP contribution is 2.47. The number of aliphatic hydroxyl groups is 1. The van der Waals surface area contributed by atoms with Crippen LogP contribution in [0.25, 0.3) is 11.1 Å². The summed E-state index contributed by atoms with van der Waals surface area (Å²) in [6.45, 7) is 0.370. The molecule has 2 saturated heterocycles. The molecule has 2 bridgehead atoms. The van der Waals surface area contributed by atoms with Gasteiger partial charge in [0.1, 0.15) is 6.61 Å². The van der Waals surface area contributed by atoms with E-state index in [1.807, 2.05) is 4.90 Å². The number of rotatable bonds is 4. The molecule has 4 heteroatoms. The van der Waals surface area contributed by atoms with Gasteiger partial charge in [0.05, 0.1) is 5.60 Å². The van der Waals surface area contributed by atoms with Gasteiger partial charge in [0.25, 0.3) is 0 Å². The van der Waals surface area contributed by atoms with E-state index in [-0.39, 0.29) is 24.1 Å². The van der Waals surface area contributed by atoms with Crippen LogP contribution in [0.3, 0.4) is 0 Å². The quantitative estimate of drug-likeness (QED) is 0.604. The molecule has 2 unspecified atom stereocenters. The third kappa shape index (κ3) is 3.86. The fourth-order valence-electron chi connectivity index (χ4n) is 7.38. The number of fused-ring (bicyclic) bond motifs is 5. The van der Waals surface area contributed by atoms with Crippen molar-refractivity contribution in [1.82, 2.24) is 4.90 Å². The molecule has 174 valence electrons. The molecule has 1 amide bonds. The Morgan fingerprint density at radius 2 is 1.45 bits per heavy atom. The molecule has 0 spiro atoms. The maximum atomic E-state index is 13.3. The Hall–Kier alpha value is -2.33. The van der Waals surface area contributed by atoms with Gasteiger partial charge in [-0.3, -0.25) is 0 Å². The first-order chi connectivity index (χ1) is 16.1. The molecule has 0 aromatic heterocycles. The van der Waals surface area contributed by atoms with E-state index < -0.39 is 5.60 Å². The third-order valence-electron chi connectivity index (χ3n) is 8.79. The highest BCUT2D eigenvalue weighted by Gasteiger charge is 2.50. The summed E-state index contributed by atoms with van der Waals surface area (Å²) in [5, 5.41) is 11.4. The molecule has 4 nitrogen and oxygen atoms in total. The molecule has 2 heterocycles. The fraction of sp³-hybridized carbons (Fsp3) is 0.552. The van der Waals surface area contributed by atoms with Gasteiger partial charge in [0.15, 0.2) is 0 Å². The first-order valence-corrected chi connectivity index (χ1v) is 13.0. The van der Waals surface area contributed by atoms with Crippen molar-refractivity contribution in [3.63, 3.8) is 0 Å². The number of piperidine rings is 1. The molecule has 2 aliphatic carbocycles. The Bertz CT molecular complexity index is 968. The first kappa shape index (κ1) is 21.2. The van der Waals surface area contributed by atoms with Gasteiger partial charge < -0.3 is 14.7 Å². The number of hydrogen-bond acceptors (Lipinski definition) is 3. The Morgan fingerprint density at radius 1 is 0.879 bits per heavy atom. The standard InChI is InChI=1S/C29H35NO3/c31-28(33-19-27-25-12-6-4-10-23(25)24-11-5-7-13-26(24)27)30-21-14-15-22(30)18-29(32,17-21)16-20-8-2-1-3-9-20/h4-7,10-13,20-22,27,32H,1-3,8-9,14-19H2. The average molecular weight is 446 g/mol. The summed E-state index contributed by atoms with van der Waals surface area (Å²) in [6.07, 6.45) is 10.6. The van der Waals surface area contributed by atoms with Crippen LogP contribution in [-0.2, 0) is 4.74 Å². The molecular formula is C29H35NO3. The van der Waals surface area contributed by atoms with Crippen LogP contribution in [0.1, 0.15) is 81.3 Å². The first-order valence-electron chi connectivity index (χ1n) is 13.0. The van der Waals surface area contributed by atoms with Crippen LogP contribution >= 0.6 is 0 Å². The Balaban J connectivity index is 1.13. The Labute approximate surface area is 196 Å². The second kappa shape index (κ2) is 8.47. The molecule has 3 fully saturated rings. The minimum atomic E-state index is -0.603. The zero-order chi connectivity index (χ0) is 22.4. The van der Waals surface area contributed by atoms with Crippen LogP contribution in [0.5, 0.6) is 0 Å². The van der Waals surface area contributed by atoms with Crippen molar-refractivity contribution >= 4 is 6.09 Å². The predicted molar refractivity (Wildman–Crippen MR) is 129 cm³/mol. The van der Waals surface area contributed by atoms with Crippen LogP contribution in [0.4, 0.5) is 4.79 Å². The van der Waals surface area contributed by atoms with E-state index in [0.717, 1.165) is 19.3 Å². The van der Waals surface area contributed by atoms with Gasteiger partial charge in [-0.15, -0.1) is 0 Å². The Morgan fingerprint density at radius 3 is 2.06 bits per heavy atom. The summed E-state index contributed by atoms with van der Waals surface area (Å²) in [7, 11) is 0. The third-order valence-corrected chi connectivity index (χ3v) is 8.79. The summed E-state index contributed by atoms with van der Waals surface area (Å²) >= 11 is 0. The molecule has 1 saturated carbocycles. The maximum Gasteiger partial charge on any atom is 0.410 e. The van der Waals surface area contributed by atoms with Gasteiger partial charge in [-0.1, -0.05) is 80.6 Å². The lowest BCUT2D eigenvalue weighted by Gasteiger charge is -2.45. The van der Waals surface area contributed by atoms with Gasteiger partial charge in [0, 0.05) is 18.0 Å². The van der Waals surface area contributed by atoms with E-state index in [1.54, 1.807) is 0 Å². The molecule has 4 aliphatic rings. The normalized spacial score (nSPS) is 29.1. The second-order valence-corrected chi connectivity index (χ2v) is 10.9. The summed E-state index contributed by atoms with van der Waals surface area (Å²) in [4.78, 5) is 15.2. The number of carbonyl (C=O) groups is 1. The van der Waals surface area contributed by atoms with Crippen LogP contribution < -0.4 is 0 Å². The van der Waals surface area contributed by atoms with Crippen LogP contribution in [0.2, 0.25) is 0 Å². The zero-order valence-electron chi connectivity index (χ0n) is 19.4. The van der Waals surface area contributed by atoms with Gasteiger partial charge >= 0.3 is 6.09 Å². The average Bonchev–Trinajstić information content (AvgIpc) is 3.30. The lowest BCUT2D eigenvalue weighted by atomic mass is 9.75. The van der Waals surface area contributed by atoms with Gasteiger partial charge in [0.2, 0.25) is 0 Å². The van der Waals surface area contributed by atoms with E-state index in [1.165, 1.54) is 54.4 Å². The van der Waals surface area contributed by atoms with Crippen molar-refractivity contribution in [2.24, 2.45) is 5.92 Å². The maximum absolute atomic E-state index is 13.3. The van der Waals surface area contributed by atoms with Gasteiger partial charge in [-0.25, -0.2) is 4.79 Å². The molecule has 33 heavy (non-hydrogen) atoms. The number of amides is 1. The van der Waals surface area contributed by atoms with E-state index in [9.17, 15) is 9.90 Å². The van der Waals surface area contributed by atoms with Crippen molar-refractivity contribution in [1.29, 1.82) is 0 Å². The number of hydrogen-bond donors (Lipinski definition) is 1. The van der Waals surface area contributed by atoms with Crippen molar-refractivity contribution in [2.45, 2.75) is 87.8 Å². The molecule has 6 rings (SSSR count). The monoisotopic (exact) mass is 445 g/mol. The summed E-state index contributed by atoms with van der Waals surface area (Å²) in [5.41, 5.74) is 4.39. The van der Waals surface area contributed by atoms with Crippen molar-refractivity contribution in [3.8, 4) is 11.1 Å². The lowest BCUT2D eigenvalue weighted by Crippen LogP contribution is -2.54. The fourth-order valence-corrected chi connectivity index (χ4v) is 7.38. The SMILES string of the molecule is O=C(OCC1c2ccccc2-c2ccccc21)N1C2CCC1CC(O)(CC1CCCCC1)C2. The van der Waals surface area contributed by atoms with E-state index >= 15 is 0 Å². The van der Waals surface area contributed by atoms with E-state index in [4.69, 9.17) is 4.74 Å². The van der Waals surface area contributed by atoms with E-state index in [2.05, 4.69) is 48.5 Å². The molecule has 2 aromatic rings. The van der Waals surface area contributed by atoms with Crippen LogP contribution in [0, 0.1) is 5.92 Å². The topological polar surface area (TPSA) is 49.8 Å². The summed E-state index contributed by atoms with van der Waals surface area (Å²) < 4.78 is 5.98. The van der Waals surface area contributed by atoms with Crippen LogP contribution in [0.15, 0.2) is 48.5 Å². The second-order valence-electron chi connectivity index (χ2n) is 10.9. The largest absolute Gasteiger partial charge is 0.448 e. The number of ether oxygens (including phenoxy) is 1. The molecule has 0 radical (unpaired) electrons.